The van der Waals surface area contributed by atoms with Gasteiger partial charge in [-0.1, -0.05) is 67.2 Å². The molecule has 0 radical (unpaired) electrons. The molecule has 9 nitrogen and oxygen atoms in total. The molecule has 1 aliphatic rings. The van der Waals surface area contributed by atoms with Gasteiger partial charge >= 0.3 is 17.9 Å². The lowest BCUT2D eigenvalue weighted by atomic mass is 9.89. The van der Waals surface area contributed by atoms with Gasteiger partial charge in [0.05, 0.1) is 19.8 Å². The first-order valence-electron chi connectivity index (χ1n) is 11.8. The summed E-state index contributed by atoms with van der Waals surface area (Å²) in [5.74, 6) is -1.90. The Kier molecular flexibility index (Phi) is 9.96. The van der Waals surface area contributed by atoms with Crippen molar-refractivity contribution in [3.8, 4) is 0 Å². The zero-order valence-electron chi connectivity index (χ0n) is 21.2. The fourth-order valence-corrected chi connectivity index (χ4v) is 4.19. The third kappa shape index (κ3) is 7.48. The second-order valence-corrected chi connectivity index (χ2v) is 8.59. The van der Waals surface area contributed by atoms with Crippen LogP contribution in [-0.2, 0) is 56.0 Å². The SMILES string of the molecule is C=C[C@@H](OC(C)=O)[C@@]1(COCc2ccccc2)OC(OC(C)=O)[C@H](OC(C)=O)[C@@H]1OCc1ccccc1. The second kappa shape index (κ2) is 13.1. The Morgan fingerprint density at radius 3 is 1.97 bits per heavy atom. The first-order chi connectivity index (χ1) is 17.7. The van der Waals surface area contributed by atoms with E-state index in [1.54, 1.807) is 0 Å². The fraction of sp³-hybridized carbons (Fsp3) is 0.393. The summed E-state index contributed by atoms with van der Waals surface area (Å²) >= 11 is 0. The van der Waals surface area contributed by atoms with Crippen molar-refractivity contribution in [2.45, 2.75) is 64.2 Å². The Hall–Kier alpha value is -3.53. The van der Waals surface area contributed by atoms with Crippen LogP contribution in [0.3, 0.4) is 0 Å². The summed E-state index contributed by atoms with van der Waals surface area (Å²) in [4.78, 5) is 36.0. The van der Waals surface area contributed by atoms with Crippen molar-refractivity contribution in [2.75, 3.05) is 6.61 Å². The molecule has 3 rings (SSSR count). The van der Waals surface area contributed by atoms with Crippen LogP contribution in [0.1, 0.15) is 31.9 Å². The summed E-state index contributed by atoms with van der Waals surface area (Å²) in [6, 6.07) is 18.8. The Morgan fingerprint density at radius 1 is 0.892 bits per heavy atom. The van der Waals surface area contributed by atoms with Gasteiger partial charge in [-0.2, -0.15) is 0 Å². The topological polar surface area (TPSA) is 107 Å². The normalized spacial score (nSPS) is 23.6. The summed E-state index contributed by atoms with van der Waals surface area (Å²) in [5, 5.41) is 0. The summed E-state index contributed by atoms with van der Waals surface area (Å²) in [5.41, 5.74) is 0.159. The minimum atomic E-state index is -1.57. The van der Waals surface area contributed by atoms with Gasteiger partial charge in [0, 0.05) is 20.8 Å². The average Bonchev–Trinajstić information content (AvgIpc) is 3.13. The van der Waals surface area contributed by atoms with Crippen molar-refractivity contribution in [3.05, 3.63) is 84.4 Å². The molecule has 0 aromatic heterocycles. The Bertz CT molecular complexity index is 1060. The molecule has 1 saturated heterocycles. The van der Waals surface area contributed by atoms with E-state index >= 15 is 0 Å². The molecule has 0 saturated carbocycles. The summed E-state index contributed by atoms with van der Waals surface area (Å²) in [7, 11) is 0. The quantitative estimate of drug-likeness (QED) is 0.240. The van der Waals surface area contributed by atoms with E-state index in [1.165, 1.54) is 26.8 Å². The first kappa shape index (κ1) is 28.0. The molecule has 0 bridgehead atoms. The molecule has 1 fully saturated rings. The molecule has 5 atom stereocenters. The van der Waals surface area contributed by atoms with Crippen molar-refractivity contribution >= 4 is 17.9 Å². The lowest BCUT2D eigenvalue weighted by molar-refractivity contribution is -0.232. The second-order valence-electron chi connectivity index (χ2n) is 8.59. The number of rotatable bonds is 12. The van der Waals surface area contributed by atoms with Gasteiger partial charge in [0.25, 0.3) is 0 Å². The van der Waals surface area contributed by atoms with Gasteiger partial charge in [0.15, 0.2) is 17.8 Å². The zero-order chi connectivity index (χ0) is 26.8. The Labute approximate surface area is 216 Å². The van der Waals surface area contributed by atoms with Gasteiger partial charge in [-0.25, -0.2) is 0 Å². The van der Waals surface area contributed by atoms with Crippen LogP contribution in [0, 0.1) is 0 Å². The lowest BCUT2D eigenvalue weighted by Gasteiger charge is -2.38. The largest absolute Gasteiger partial charge is 0.455 e. The molecule has 9 heteroatoms. The number of ether oxygens (including phenoxy) is 6. The van der Waals surface area contributed by atoms with E-state index in [0.717, 1.165) is 11.1 Å². The maximum atomic E-state index is 12.1. The number of benzene rings is 2. The molecule has 1 aliphatic heterocycles. The van der Waals surface area contributed by atoms with E-state index in [4.69, 9.17) is 28.4 Å². The van der Waals surface area contributed by atoms with Gasteiger partial charge in [0.1, 0.15) is 6.10 Å². The minimum absolute atomic E-state index is 0.101. The van der Waals surface area contributed by atoms with E-state index in [2.05, 4.69) is 6.58 Å². The third-order valence-corrected chi connectivity index (χ3v) is 5.67. The lowest BCUT2D eigenvalue weighted by Crippen LogP contribution is -2.57. The van der Waals surface area contributed by atoms with E-state index < -0.39 is 48.1 Å². The highest BCUT2D eigenvalue weighted by Gasteiger charge is 2.63. The predicted octanol–water partition coefficient (Wildman–Crippen LogP) is 3.50. The van der Waals surface area contributed by atoms with Crippen LogP contribution in [0.5, 0.6) is 0 Å². The molecule has 198 valence electrons. The van der Waals surface area contributed by atoms with E-state index in [-0.39, 0.29) is 19.8 Å². The molecule has 0 spiro atoms. The summed E-state index contributed by atoms with van der Waals surface area (Å²) < 4.78 is 35.0. The molecule has 0 amide bonds. The van der Waals surface area contributed by atoms with Crippen LogP contribution in [0.15, 0.2) is 73.3 Å². The van der Waals surface area contributed by atoms with Crippen LogP contribution >= 0.6 is 0 Å². The van der Waals surface area contributed by atoms with E-state index in [1.807, 2.05) is 60.7 Å². The summed E-state index contributed by atoms with van der Waals surface area (Å²) in [6.45, 7) is 7.63. The predicted molar refractivity (Wildman–Crippen MR) is 132 cm³/mol. The van der Waals surface area contributed by atoms with Gasteiger partial charge in [-0.3, -0.25) is 14.4 Å². The highest BCUT2D eigenvalue weighted by molar-refractivity contribution is 5.68. The molecule has 1 heterocycles. The number of carbonyl (C=O) groups excluding carboxylic acids is 3. The standard InChI is InChI=1S/C28H32O9/c1-5-24(34-19(2)29)28(18-32-16-22-12-8-6-9-13-22)26(33-17-23-14-10-7-11-15-23)25(35-20(3)30)27(37-28)36-21(4)31/h5-15,24-27H,1,16-18H2,2-4H3/t24-,25-,26+,27?,28-/m1/s1. The van der Waals surface area contributed by atoms with Crippen LogP contribution in [-0.4, -0.2) is 54.7 Å². The van der Waals surface area contributed by atoms with Crippen LogP contribution in [0.4, 0.5) is 0 Å². The van der Waals surface area contributed by atoms with Crippen molar-refractivity contribution in [1.82, 2.24) is 0 Å². The molecule has 37 heavy (non-hydrogen) atoms. The zero-order valence-corrected chi connectivity index (χ0v) is 21.2. The average molecular weight is 513 g/mol. The Morgan fingerprint density at radius 2 is 1.46 bits per heavy atom. The van der Waals surface area contributed by atoms with Crippen molar-refractivity contribution in [3.63, 3.8) is 0 Å². The van der Waals surface area contributed by atoms with Crippen LogP contribution < -0.4 is 0 Å². The monoisotopic (exact) mass is 512 g/mol. The first-order valence-corrected chi connectivity index (χ1v) is 11.8. The van der Waals surface area contributed by atoms with Gasteiger partial charge in [0.2, 0.25) is 6.29 Å². The van der Waals surface area contributed by atoms with E-state index in [9.17, 15) is 14.4 Å². The molecular formula is C28H32O9. The number of hydrogen-bond donors (Lipinski definition) is 0. The molecule has 0 aliphatic carbocycles. The number of carbonyl (C=O) groups is 3. The van der Waals surface area contributed by atoms with Gasteiger partial charge in [-0.15, -0.1) is 0 Å². The fourth-order valence-electron chi connectivity index (χ4n) is 4.19. The number of esters is 3. The van der Waals surface area contributed by atoms with Crippen LogP contribution in [0.25, 0.3) is 0 Å². The highest BCUT2D eigenvalue weighted by Crippen LogP contribution is 2.41. The minimum Gasteiger partial charge on any atom is -0.455 e. The van der Waals surface area contributed by atoms with E-state index in [0.29, 0.717) is 0 Å². The molecule has 0 N–H and O–H groups in total. The highest BCUT2D eigenvalue weighted by atomic mass is 16.8. The molecule has 1 unspecified atom stereocenters. The van der Waals surface area contributed by atoms with Crippen molar-refractivity contribution in [2.24, 2.45) is 0 Å². The molecular weight excluding hydrogens is 480 g/mol. The molecule has 2 aromatic rings. The molecule has 2 aromatic carbocycles. The number of hydrogen-bond acceptors (Lipinski definition) is 9. The Balaban J connectivity index is 2.02. The smallest absolute Gasteiger partial charge is 0.305 e. The van der Waals surface area contributed by atoms with Crippen LogP contribution in [0.2, 0.25) is 0 Å². The maximum Gasteiger partial charge on any atom is 0.305 e. The maximum absolute atomic E-state index is 12.1. The van der Waals surface area contributed by atoms with Crippen molar-refractivity contribution < 1.29 is 42.8 Å². The summed E-state index contributed by atoms with van der Waals surface area (Å²) in [6.07, 6.45) is -3.31. The van der Waals surface area contributed by atoms with Gasteiger partial charge < -0.3 is 28.4 Å². The van der Waals surface area contributed by atoms with Crippen molar-refractivity contribution in [1.29, 1.82) is 0 Å². The third-order valence-electron chi connectivity index (χ3n) is 5.67. The van der Waals surface area contributed by atoms with Gasteiger partial charge in [-0.05, 0) is 17.2 Å².